The minimum absolute atomic E-state index is 0.700. The Morgan fingerprint density at radius 2 is 2.50 bits per heavy atom. The first-order valence-electron chi connectivity index (χ1n) is 5.26. The molecule has 2 nitrogen and oxygen atoms in total. The fraction of sp³-hybridized carbons (Fsp3) is 0.636. The summed E-state index contributed by atoms with van der Waals surface area (Å²) in [6.07, 6.45) is 1.27. The average molecular weight is 210 g/mol. The maximum absolute atomic E-state index is 5.71. The normalized spacial score (nSPS) is 28.4. The summed E-state index contributed by atoms with van der Waals surface area (Å²) in [5.41, 5.74) is 5.71. The lowest BCUT2D eigenvalue weighted by atomic mass is 10.1. The van der Waals surface area contributed by atoms with Crippen molar-refractivity contribution in [2.75, 3.05) is 13.1 Å². The van der Waals surface area contributed by atoms with Gasteiger partial charge in [0.2, 0.25) is 0 Å². The van der Waals surface area contributed by atoms with E-state index in [9.17, 15) is 0 Å². The Morgan fingerprint density at radius 1 is 1.64 bits per heavy atom. The van der Waals surface area contributed by atoms with Crippen molar-refractivity contribution in [3.63, 3.8) is 0 Å². The fourth-order valence-corrected chi connectivity index (χ4v) is 2.94. The van der Waals surface area contributed by atoms with Crippen molar-refractivity contribution < 1.29 is 0 Å². The van der Waals surface area contributed by atoms with Gasteiger partial charge in [-0.2, -0.15) is 0 Å². The van der Waals surface area contributed by atoms with Crippen molar-refractivity contribution in [3.05, 3.63) is 22.4 Å². The van der Waals surface area contributed by atoms with Crippen LogP contribution in [0.25, 0.3) is 0 Å². The number of hydrogen-bond donors (Lipinski definition) is 1. The molecule has 2 unspecified atom stereocenters. The largest absolute Gasteiger partial charge is 0.330 e. The second kappa shape index (κ2) is 4.43. The zero-order valence-electron chi connectivity index (χ0n) is 8.65. The van der Waals surface area contributed by atoms with Gasteiger partial charge in [0.15, 0.2) is 0 Å². The predicted molar refractivity (Wildman–Crippen MR) is 61.4 cm³/mol. The van der Waals surface area contributed by atoms with Crippen LogP contribution in [0, 0.1) is 5.92 Å². The van der Waals surface area contributed by atoms with Crippen LogP contribution in [0.3, 0.4) is 0 Å². The van der Waals surface area contributed by atoms with E-state index in [1.54, 1.807) is 0 Å². The third kappa shape index (κ3) is 2.16. The van der Waals surface area contributed by atoms with Crippen molar-refractivity contribution >= 4 is 11.3 Å². The van der Waals surface area contributed by atoms with Crippen molar-refractivity contribution in [3.8, 4) is 0 Å². The molecule has 2 heterocycles. The number of nitrogens with two attached hydrogens (primary N) is 1. The van der Waals surface area contributed by atoms with Crippen LogP contribution in [-0.2, 0) is 6.54 Å². The van der Waals surface area contributed by atoms with E-state index >= 15 is 0 Å². The molecule has 1 aromatic rings. The zero-order chi connectivity index (χ0) is 9.97. The molecule has 0 spiro atoms. The predicted octanol–water partition coefficient (Wildman–Crippen LogP) is 1.92. The highest BCUT2D eigenvalue weighted by Crippen LogP contribution is 2.25. The fourth-order valence-electron chi connectivity index (χ4n) is 2.21. The Balaban J connectivity index is 1.93. The molecule has 14 heavy (non-hydrogen) atoms. The Bertz CT molecular complexity index is 271. The summed E-state index contributed by atoms with van der Waals surface area (Å²) in [5, 5.41) is 2.15. The number of rotatable bonds is 3. The Labute approximate surface area is 89.7 Å². The molecular formula is C11H18N2S. The van der Waals surface area contributed by atoms with E-state index in [0.29, 0.717) is 12.0 Å². The molecule has 1 aromatic heterocycles. The van der Waals surface area contributed by atoms with E-state index in [0.717, 1.165) is 13.1 Å². The summed E-state index contributed by atoms with van der Waals surface area (Å²) in [5.74, 6) is 0.713. The van der Waals surface area contributed by atoms with Gasteiger partial charge in [-0.25, -0.2) is 0 Å². The minimum Gasteiger partial charge on any atom is -0.330 e. The lowest BCUT2D eigenvalue weighted by molar-refractivity contribution is 0.258. The highest BCUT2D eigenvalue weighted by atomic mass is 32.1. The molecule has 78 valence electrons. The van der Waals surface area contributed by atoms with Crippen LogP contribution in [0.4, 0.5) is 0 Å². The van der Waals surface area contributed by atoms with Crippen molar-refractivity contribution in [1.82, 2.24) is 4.90 Å². The van der Waals surface area contributed by atoms with Crippen molar-refractivity contribution in [2.24, 2.45) is 11.7 Å². The lowest BCUT2D eigenvalue weighted by Crippen LogP contribution is -2.26. The van der Waals surface area contributed by atoms with E-state index < -0.39 is 0 Å². The molecule has 0 aromatic carbocycles. The zero-order valence-corrected chi connectivity index (χ0v) is 9.46. The molecule has 0 aliphatic carbocycles. The molecular weight excluding hydrogens is 192 g/mol. The molecule has 2 rings (SSSR count). The van der Waals surface area contributed by atoms with Crippen LogP contribution in [0.2, 0.25) is 0 Å². The molecule has 0 radical (unpaired) electrons. The maximum atomic E-state index is 5.71. The molecule has 1 aliphatic heterocycles. The monoisotopic (exact) mass is 210 g/mol. The smallest absolute Gasteiger partial charge is 0.0330 e. The Kier molecular flexibility index (Phi) is 3.21. The van der Waals surface area contributed by atoms with E-state index in [1.807, 2.05) is 11.3 Å². The molecule has 1 aliphatic rings. The van der Waals surface area contributed by atoms with Crippen LogP contribution in [0.15, 0.2) is 17.5 Å². The molecule has 2 N–H and O–H groups in total. The topological polar surface area (TPSA) is 29.3 Å². The molecule has 0 bridgehead atoms. The summed E-state index contributed by atoms with van der Waals surface area (Å²) in [6.45, 7) is 5.43. The van der Waals surface area contributed by atoms with Gasteiger partial charge in [0.1, 0.15) is 0 Å². The van der Waals surface area contributed by atoms with Gasteiger partial charge in [0.25, 0.3) is 0 Å². The number of likely N-dealkylation sites (tertiary alicyclic amines) is 1. The SMILES string of the molecule is CC1CC(CN)CN1Cc1cccs1. The lowest BCUT2D eigenvalue weighted by Gasteiger charge is -2.19. The molecule has 3 heteroatoms. The summed E-state index contributed by atoms with van der Waals surface area (Å²) < 4.78 is 0. The first-order chi connectivity index (χ1) is 6.79. The highest BCUT2D eigenvalue weighted by molar-refractivity contribution is 7.09. The molecule has 0 amide bonds. The first-order valence-corrected chi connectivity index (χ1v) is 6.14. The summed E-state index contributed by atoms with van der Waals surface area (Å²) in [6, 6.07) is 5.04. The quantitative estimate of drug-likeness (QED) is 0.826. The van der Waals surface area contributed by atoms with Gasteiger partial charge in [-0.15, -0.1) is 11.3 Å². The van der Waals surface area contributed by atoms with Crippen LogP contribution in [0.1, 0.15) is 18.2 Å². The van der Waals surface area contributed by atoms with Gasteiger partial charge in [-0.05, 0) is 37.3 Å². The average Bonchev–Trinajstić information content (AvgIpc) is 2.78. The number of hydrogen-bond acceptors (Lipinski definition) is 3. The Morgan fingerprint density at radius 3 is 3.07 bits per heavy atom. The first kappa shape index (κ1) is 10.1. The van der Waals surface area contributed by atoms with Gasteiger partial charge in [-0.3, -0.25) is 4.90 Å². The molecule has 0 saturated carbocycles. The van der Waals surface area contributed by atoms with E-state index in [-0.39, 0.29) is 0 Å². The van der Waals surface area contributed by atoms with Gasteiger partial charge in [-0.1, -0.05) is 6.07 Å². The van der Waals surface area contributed by atoms with Crippen LogP contribution < -0.4 is 5.73 Å². The molecule has 1 saturated heterocycles. The van der Waals surface area contributed by atoms with E-state index in [2.05, 4.69) is 29.3 Å². The maximum Gasteiger partial charge on any atom is 0.0330 e. The van der Waals surface area contributed by atoms with Gasteiger partial charge in [0, 0.05) is 24.0 Å². The van der Waals surface area contributed by atoms with E-state index in [1.165, 1.54) is 17.8 Å². The van der Waals surface area contributed by atoms with Crippen LogP contribution in [-0.4, -0.2) is 24.0 Å². The number of nitrogens with zero attached hydrogens (tertiary/aromatic N) is 1. The molecule has 2 atom stereocenters. The molecule has 1 fully saturated rings. The third-order valence-electron chi connectivity index (χ3n) is 3.06. The van der Waals surface area contributed by atoms with Gasteiger partial charge < -0.3 is 5.73 Å². The standard InChI is InChI=1S/C11H18N2S/c1-9-5-10(6-12)7-13(9)8-11-3-2-4-14-11/h2-4,9-10H,5-8,12H2,1H3. The van der Waals surface area contributed by atoms with Crippen molar-refractivity contribution in [2.45, 2.75) is 25.9 Å². The van der Waals surface area contributed by atoms with E-state index in [4.69, 9.17) is 5.73 Å². The van der Waals surface area contributed by atoms with Crippen molar-refractivity contribution in [1.29, 1.82) is 0 Å². The highest BCUT2D eigenvalue weighted by Gasteiger charge is 2.27. The second-order valence-corrected chi connectivity index (χ2v) is 5.23. The van der Waals surface area contributed by atoms with Crippen LogP contribution >= 0.6 is 11.3 Å². The minimum atomic E-state index is 0.700. The Hall–Kier alpha value is -0.380. The summed E-state index contributed by atoms with van der Waals surface area (Å²) in [4.78, 5) is 4.01. The third-order valence-corrected chi connectivity index (χ3v) is 3.92. The summed E-state index contributed by atoms with van der Waals surface area (Å²) in [7, 11) is 0. The second-order valence-electron chi connectivity index (χ2n) is 4.20. The van der Waals surface area contributed by atoms with Gasteiger partial charge in [0.05, 0.1) is 0 Å². The number of thiophene rings is 1. The van der Waals surface area contributed by atoms with Crippen LogP contribution in [0.5, 0.6) is 0 Å². The van der Waals surface area contributed by atoms with Gasteiger partial charge >= 0.3 is 0 Å². The summed E-state index contributed by atoms with van der Waals surface area (Å²) >= 11 is 1.85.